The van der Waals surface area contributed by atoms with Crippen LogP contribution in [-0.2, 0) is 4.79 Å². The third-order valence-corrected chi connectivity index (χ3v) is 5.43. The van der Waals surface area contributed by atoms with Crippen molar-refractivity contribution in [2.75, 3.05) is 25.7 Å². The molecule has 0 N–H and O–H groups in total. The number of carbonyl (C=O) groups is 1. The average molecular weight is 407 g/mol. The zero-order valence-electron chi connectivity index (χ0n) is 17.6. The van der Waals surface area contributed by atoms with Gasteiger partial charge in [-0.1, -0.05) is 31.1 Å². The fourth-order valence-corrected chi connectivity index (χ4v) is 3.66. The van der Waals surface area contributed by atoms with E-state index in [1.54, 1.807) is 31.3 Å². The first-order valence-corrected chi connectivity index (χ1v) is 9.96. The molecule has 156 valence electrons. The molecule has 1 aromatic heterocycles. The Morgan fingerprint density at radius 3 is 2.47 bits per heavy atom. The molecule has 1 saturated heterocycles. The van der Waals surface area contributed by atoms with E-state index in [-0.39, 0.29) is 11.8 Å². The van der Waals surface area contributed by atoms with E-state index in [0.29, 0.717) is 42.1 Å². The summed E-state index contributed by atoms with van der Waals surface area (Å²) in [7, 11) is 3.17. The molecule has 7 nitrogen and oxygen atoms in total. The number of hydrogen-bond donors (Lipinski definition) is 0. The quantitative estimate of drug-likeness (QED) is 0.603. The molecule has 1 aliphatic rings. The highest BCUT2D eigenvalue weighted by Gasteiger charge is 2.35. The molecular formula is C23H25N3O4. The molecule has 1 atom stereocenters. The van der Waals surface area contributed by atoms with E-state index < -0.39 is 0 Å². The Labute approximate surface area is 175 Å². The second kappa shape index (κ2) is 8.18. The Bertz CT molecular complexity index is 1040. The summed E-state index contributed by atoms with van der Waals surface area (Å²) >= 11 is 0. The molecule has 2 heterocycles. The van der Waals surface area contributed by atoms with Crippen molar-refractivity contribution in [3.05, 3.63) is 53.9 Å². The molecule has 4 rings (SSSR count). The molecule has 1 amide bonds. The molecule has 7 heteroatoms. The van der Waals surface area contributed by atoms with Crippen molar-refractivity contribution in [2.24, 2.45) is 0 Å². The molecule has 0 unspecified atom stereocenters. The third-order valence-electron chi connectivity index (χ3n) is 5.43. The van der Waals surface area contributed by atoms with Gasteiger partial charge in [0.1, 0.15) is 0 Å². The van der Waals surface area contributed by atoms with Gasteiger partial charge in [0.2, 0.25) is 17.6 Å². The maximum absolute atomic E-state index is 12.6. The molecule has 0 bridgehead atoms. The maximum atomic E-state index is 12.6. The molecule has 30 heavy (non-hydrogen) atoms. The van der Waals surface area contributed by atoms with Crippen LogP contribution in [0.2, 0.25) is 0 Å². The van der Waals surface area contributed by atoms with E-state index in [0.717, 1.165) is 11.3 Å². The number of benzene rings is 2. The van der Waals surface area contributed by atoms with Gasteiger partial charge in [-0.15, -0.1) is 0 Å². The maximum Gasteiger partial charge on any atom is 0.232 e. The number of methoxy groups -OCH3 is 2. The van der Waals surface area contributed by atoms with Gasteiger partial charge in [-0.05, 0) is 41.8 Å². The summed E-state index contributed by atoms with van der Waals surface area (Å²) in [5.41, 5.74) is 2.90. The normalized spacial score (nSPS) is 16.4. The van der Waals surface area contributed by atoms with Gasteiger partial charge in [-0.2, -0.15) is 4.98 Å². The minimum atomic E-state index is -0.135. The van der Waals surface area contributed by atoms with Crippen molar-refractivity contribution >= 4 is 11.6 Å². The van der Waals surface area contributed by atoms with Crippen LogP contribution >= 0.6 is 0 Å². The van der Waals surface area contributed by atoms with Gasteiger partial charge in [-0.3, -0.25) is 4.79 Å². The van der Waals surface area contributed by atoms with Crippen LogP contribution in [0, 0.1) is 0 Å². The first-order chi connectivity index (χ1) is 14.5. The summed E-state index contributed by atoms with van der Waals surface area (Å²) in [6, 6.07) is 13.6. The van der Waals surface area contributed by atoms with Crippen molar-refractivity contribution in [1.82, 2.24) is 10.1 Å². The topological polar surface area (TPSA) is 77.7 Å². The van der Waals surface area contributed by atoms with Gasteiger partial charge in [0.15, 0.2) is 11.5 Å². The second-order valence-corrected chi connectivity index (χ2v) is 7.68. The number of rotatable bonds is 6. The highest BCUT2D eigenvalue weighted by atomic mass is 16.5. The molecular weight excluding hydrogens is 382 g/mol. The summed E-state index contributed by atoms with van der Waals surface area (Å²) in [6.45, 7) is 4.82. The lowest BCUT2D eigenvalue weighted by atomic mass is 10.0. The highest BCUT2D eigenvalue weighted by molar-refractivity contribution is 5.96. The Morgan fingerprint density at radius 2 is 1.80 bits per heavy atom. The lowest BCUT2D eigenvalue weighted by Crippen LogP contribution is -2.24. The Kier molecular flexibility index (Phi) is 5.44. The molecule has 3 aromatic rings. The molecule has 0 radical (unpaired) electrons. The zero-order chi connectivity index (χ0) is 21.3. The third kappa shape index (κ3) is 3.75. The van der Waals surface area contributed by atoms with Crippen LogP contribution in [0.4, 0.5) is 5.69 Å². The SMILES string of the molecule is COc1ccc(-c2noc([C@H]3CC(=O)N(c4ccc(C(C)C)cc4)C3)n2)cc1OC. The van der Waals surface area contributed by atoms with Gasteiger partial charge in [0.25, 0.3) is 0 Å². The molecule has 0 spiro atoms. The predicted molar refractivity (Wildman–Crippen MR) is 113 cm³/mol. The van der Waals surface area contributed by atoms with Crippen LogP contribution in [-0.4, -0.2) is 36.8 Å². The predicted octanol–water partition coefficient (Wildman–Crippen LogP) is 4.40. The van der Waals surface area contributed by atoms with Crippen LogP contribution in [0.15, 0.2) is 47.0 Å². The number of carbonyl (C=O) groups excluding carboxylic acids is 1. The average Bonchev–Trinajstić information content (AvgIpc) is 3.40. The fraction of sp³-hybridized carbons (Fsp3) is 0.348. The molecule has 0 saturated carbocycles. The van der Waals surface area contributed by atoms with E-state index in [2.05, 4.69) is 36.1 Å². The largest absolute Gasteiger partial charge is 0.493 e. The van der Waals surface area contributed by atoms with E-state index in [1.807, 2.05) is 18.2 Å². The Hall–Kier alpha value is -3.35. The molecule has 0 aliphatic carbocycles. The minimum Gasteiger partial charge on any atom is -0.493 e. The number of amides is 1. The minimum absolute atomic E-state index is 0.0585. The smallest absolute Gasteiger partial charge is 0.232 e. The van der Waals surface area contributed by atoms with Gasteiger partial charge < -0.3 is 18.9 Å². The number of hydrogen-bond acceptors (Lipinski definition) is 6. The monoisotopic (exact) mass is 407 g/mol. The summed E-state index contributed by atoms with van der Waals surface area (Å²) < 4.78 is 16.1. The summed E-state index contributed by atoms with van der Waals surface area (Å²) in [6.07, 6.45) is 0.347. The number of ether oxygens (including phenoxy) is 2. The van der Waals surface area contributed by atoms with Crippen molar-refractivity contribution < 1.29 is 18.8 Å². The van der Waals surface area contributed by atoms with E-state index in [1.165, 1.54) is 5.56 Å². The Morgan fingerprint density at radius 1 is 1.07 bits per heavy atom. The van der Waals surface area contributed by atoms with E-state index in [4.69, 9.17) is 14.0 Å². The highest BCUT2D eigenvalue weighted by Crippen LogP contribution is 2.34. The second-order valence-electron chi connectivity index (χ2n) is 7.68. The fourth-order valence-electron chi connectivity index (χ4n) is 3.66. The van der Waals surface area contributed by atoms with Crippen molar-refractivity contribution in [3.63, 3.8) is 0 Å². The van der Waals surface area contributed by atoms with Crippen LogP contribution < -0.4 is 14.4 Å². The number of nitrogens with zero attached hydrogens (tertiary/aromatic N) is 3. The van der Waals surface area contributed by atoms with E-state index >= 15 is 0 Å². The first kappa shape index (κ1) is 19.9. The number of anilines is 1. The van der Waals surface area contributed by atoms with Gasteiger partial charge in [0.05, 0.1) is 20.1 Å². The molecule has 2 aromatic carbocycles. The summed E-state index contributed by atoms with van der Waals surface area (Å²) in [4.78, 5) is 18.9. The molecule has 1 fully saturated rings. The Balaban J connectivity index is 1.52. The summed E-state index contributed by atoms with van der Waals surface area (Å²) in [5, 5.41) is 4.10. The van der Waals surface area contributed by atoms with Crippen LogP contribution in [0.1, 0.15) is 43.6 Å². The van der Waals surface area contributed by atoms with Gasteiger partial charge in [-0.25, -0.2) is 0 Å². The van der Waals surface area contributed by atoms with Crippen LogP contribution in [0.3, 0.4) is 0 Å². The van der Waals surface area contributed by atoms with Crippen LogP contribution in [0.5, 0.6) is 11.5 Å². The van der Waals surface area contributed by atoms with Gasteiger partial charge in [0, 0.05) is 24.2 Å². The molecule has 1 aliphatic heterocycles. The zero-order valence-corrected chi connectivity index (χ0v) is 17.6. The van der Waals surface area contributed by atoms with E-state index in [9.17, 15) is 4.79 Å². The summed E-state index contributed by atoms with van der Waals surface area (Å²) in [5.74, 6) is 2.52. The first-order valence-electron chi connectivity index (χ1n) is 9.96. The lowest BCUT2D eigenvalue weighted by molar-refractivity contribution is -0.117. The standard InChI is InChI=1S/C23H25N3O4/c1-14(2)15-5-8-18(9-6-15)26-13-17(12-21(26)27)23-24-22(25-30-23)16-7-10-19(28-3)20(11-16)29-4/h5-11,14,17H,12-13H2,1-4H3/t17-/m0/s1. The number of aromatic nitrogens is 2. The van der Waals surface area contributed by atoms with Crippen molar-refractivity contribution in [3.8, 4) is 22.9 Å². The van der Waals surface area contributed by atoms with Gasteiger partial charge >= 0.3 is 0 Å². The lowest BCUT2D eigenvalue weighted by Gasteiger charge is -2.17. The van der Waals surface area contributed by atoms with Crippen molar-refractivity contribution in [2.45, 2.75) is 32.1 Å². The van der Waals surface area contributed by atoms with Crippen molar-refractivity contribution in [1.29, 1.82) is 0 Å². The van der Waals surface area contributed by atoms with Crippen LogP contribution in [0.25, 0.3) is 11.4 Å².